The molecule has 0 aromatic heterocycles. The van der Waals surface area contributed by atoms with Gasteiger partial charge in [-0.1, -0.05) is 68.7 Å². The number of hydrogen-bond acceptors (Lipinski definition) is 0. The second-order valence-electron chi connectivity index (χ2n) is 10.2. The predicted molar refractivity (Wildman–Crippen MR) is 103 cm³/mol. The standard InChI is InChI=1S/C23H44/c1-10-21(20(9)19(8)18(7)17(6)14(2)3)22-13-23(22)12-15(4)11-16(23)5/h14-22H,10-13H2,1-9H3. The third-order valence-corrected chi connectivity index (χ3v) is 8.85. The summed E-state index contributed by atoms with van der Waals surface area (Å²) in [6.45, 7) is 22.4. The van der Waals surface area contributed by atoms with E-state index in [-0.39, 0.29) is 0 Å². The zero-order valence-corrected chi connectivity index (χ0v) is 17.5. The number of rotatable bonds is 7. The molecule has 0 saturated heterocycles. The summed E-state index contributed by atoms with van der Waals surface area (Å²) >= 11 is 0. The molecule has 136 valence electrons. The van der Waals surface area contributed by atoms with Gasteiger partial charge >= 0.3 is 0 Å². The smallest absolute Gasteiger partial charge is 0.0235 e. The van der Waals surface area contributed by atoms with E-state index >= 15 is 0 Å². The fourth-order valence-corrected chi connectivity index (χ4v) is 6.48. The number of hydrogen-bond donors (Lipinski definition) is 0. The summed E-state index contributed by atoms with van der Waals surface area (Å²) in [6.07, 6.45) is 5.94. The molecule has 9 atom stereocenters. The van der Waals surface area contributed by atoms with Gasteiger partial charge in [0.05, 0.1) is 0 Å². The van der Waals surface area contributed by atoms with Gasteiger partial charge in [0.2, 0.25) is 0 Å². The molecule has 2 aliphatic rings. The average Bonchev–Trinajstić information content (AvgIpc) is 3.11. The lowest BCUT2D eigenvalue weighted by Crippen LogP contribution is -2.31. The van der Waals surface area contributed by atoms with Gasteiger partial charge in [0.15, 0.2) is 0 Å². The Morgan fingerprint density at radius 2 is 1.39 bits per heavy atom. The van der Waals surface area contributed by atoms with Gasteiger partial charge in [-0.15, -0.1) is 0 Å². The van der Waals surface area contributed by atoms with Crippen LogP contribution in [0.25, 0.3) is 0 Å². The van der Waals surface area contributed by atoms with Gasteiger partial charge in [0, 0.05) is 0 Å². The molecule has 1 spiro atoms. The van der Waals surface area contributed by atoms with Crippen LogP contribution in [-0.4, -0.2) is 0 Å². The first-order valence-corrected chi connectivity index (χ1v) is 10.7. The summed E-state index contributed by atoms with van der Waals surface area (Å²) in [5.41, 5.74) is 0.751. The van der Waals surface area contributed by atoms with Crippen molar-refractivity contribution >= 4 is 0 Å². The SMILES string of the molecule is CCC(C(C)C(C)C(C)C(C)C(C)C)C1CC12CC(C)CC2C. The molecule has 0 nitrogen and oxygen atoms in total. The molecule has 0 heteroatoms. The first kappa shape index (κ1) is 19.3. The minimum Gasteiger partial charge on any atom is -0.0651 e. The molecule has 0 radical (unpaired) electrons. The Balaban J connectivity index is 2.04. The van der Waals surface area contributed by atoms with Crippen LogP contribution in [0.2, 0.25) is 0 Å². The molecule has 2 rings (SSSR count). The largest absolute Gasteiger partial charge is 0.0651 e. The molecule has 2 fully saturated rings. The molecule has 0 heterocycles. The van der Waals surface area contributed by atoms with Gasteiger partial charge in [-0.25, -0.2) is 0 Å². The lowest BCUT2D eigenvalue weighted by Gasteiger charge is -2.37. The van der Waals surface area contributed by atoms with Crippen LogP contribution in [0.3, 0.4) is 0 Å². The van der Waals surface area contributed by atoms with Crippen molar-refractivity contribution in [1.29, 1.82) is 0 Å². The summed E-state index contributed by atoms with van der Waals surface area (Å²) in [4.78, 5) is 0. The van der Waals surface area contributed by atoms with Crippen molar-refractivity contribution in [1.82, 2.24) is 0 Å². The third kappa shape index (κ3) is 3.52. The van der Waals surface area contributed by atoms with Crippen LogP contribution in [0.15, 0.2) is 0 Å². The zero-order chi connectivity index (χ0) is 17.5. The monoisotopic (exact) mass is 320 g/mol. The highest BCUT2D eigenvalue weighted by atomic mass is 14.7. The van der Waals surface area contributed by atoms with E-state index in [2.05, 4.69) is 62.3 Å². The lowest BCUT2D eigenvalue weighted by atomic mass is 9.68. The Kier molecular flexibility index (Phi) is 5.95. The molecule has 0 aliphatic heterocycles. The quantitative estimate of drug-likeness (QED) is 0.462. The Morgan fingerprint density at radius 3 is 1.83 bits per heavy atom. The third-order valence-electron chi connectivity index (χ3n) is 8.85. The maximum Gasteiger partial charge on any atom is -0.0235 e. The van der Waals surface area contributed by atoms with Crippen molar-refractivity contribution < 1.29 is 0 Å². The van der Waals surface area contributed by atoms with E-state index < -0.39 is 0 Å². The fraction of sp³-hybridized carbons (Fsp3) is 1.00. The van der Waals surface area contributed by atoms with Gasteiger partial charge in [-0.2, -0.15) is 0 Å². The van der Waals surface area contributed by atoms with E-state index in [1.165, 1.54) is 19.3 Å². The Bertz CT molecular complexity index is 383. The maximum atomic E-state index is 2.58. The van der Waals surface area contributed by atoms with Gasteiger partial charge in [0.1, 0.15) is 0 Å². The van der Waals surface area contributed by atoms with Crippen molar-refractivity contribution in [2.45, 2.75) is 88.0 Å². The van der Waals surface area contributed by atoms with Crippen LogP contribution in [0, 0.1) is 58.7 Å². The molecule has 0 N–H and O–H groups in total. The van der Waals surface area contributed by atoms with Gasteiger partial charge < -0.3 is 0 Å². The molecule has 2 saturated carbocycles. The highest BCUT2D eigenvalue weighted by Gasteiger charge is 2.63. The first-order valence-electron chi connectivity index (χ1n) is 10.7. The van der Waals surface area contributed by atoms with Gasteiger partial charge in [0.25, 0.3) is 0 Å². The Hall–Kier alpha value is 0. The molecular formula is C23H44. The summed E-state index contributed by atoms with van der Waals surface area (Å²) in [6, 6.07) is 0. The zero-order valence-electron chi connectivity index (χ0n) is 17.5. The molecule has 0 aromatic carbocycles. The van der Waals surface area contributed by atoms with E-state index in [1.54, 1.807) is 6.42 Å². The highest BCUT2D eigenvalue weighted by molar-refractivity contribution is 5.11. The normalized spacial score (nSPS) is 40.2. The van der Waals surface area contributed by atoms with Crippen LogP contribution in [0.4, 0.5) is 0 Å². The second-order valence-corrected chi connectivity index (χ2v) is 10.2. The summed E-state index contributed by atoms with van der Waals surface area (Å²) in [7, 11) is 0. The highest BCUT2D eigenvalue weighted by Crippen LogP contribution is 2.70. The van der Waals surface area contributed by atoms with Crippen LogP contribution in [-0.2, 0) is 0 Å². The van der Waals surface area contributed by atoms with Crippen molar-refractivity contribution in [3.8, 4) is 0 Å². The van der Waals surface area contributed by atoms with E-state index in [4.69, 9.17) is 0 Å². The predicted octanol–water partition coefficient (Wildman–Crippen LogP) is 7.29. The Labute approximate surface area is 147 Å². The van der Waals surface area contributed by atoms with E-state index in [0.717, 1.165) is 58.7 Å². The molecule has 2 aliphatic carbocycles. The van der Waals surface area contributed by atoms with Gasteiger partial charge in [-0.05, 0) is 77.9 Å². The molecule has 0 bridgehead atoms. The van der Waals surface area contributed by atoms with Crippen LogP contribution in [0.1, 0.15) is 88.0 Å². The maximum absolute atomic E-state index is 2.58. The minimum atomic E-state index is 0.751. The molecule has 9 unspecified atom stereocenters. The Morgan fingerprint density at radius 1 is 0.826 bits per heavy atom. The van der Waals surface area contributed by atoms with Gasteiger partial charge in [-0.3, -0.25) is 0 Å². The molecule has 23 heavy (non-hydrogen) atoms. The average molecular weight is 321 g/mol. The fourth-order valence-electron chi connectivity index (χ4n) is 6.48. The van der Waals surface area contributed by atoms with E-state index in [1.807, 2.05) is 0 Å². The topological polar surface area (TPSA) is 0 Å². The van der Waals surface area contributed by atoms with Crippen LogP contribution >= 0.6 is 0 Å². The van der Waals surface area contributed by atoms with Crippen molar-refractivity contribution in [2.24, 2.45) is 58.7 Å². The lowest BCUT2D eigenvalue weighted by molar-refractivity contribution is 0.114. The van der Waals surface area contributed by atoms with E-state index in [0.29, 0.717) is 0 Å². The van der Waals surface area contributed by atoms with Crippen molar-refractivity contribution in [2.75, 3.05) is 0 Å². The molecule has 0 aromatic rings. The first-order chi connectivity index (χ1) is 10.7. The molecular weight excluding hydrogens is 276 g/mol. The van der Waals surface area contributed by atoms with Crippen molar-refractivity contribution in [3.63, 3.8) is 0 Å². The van der Waals surface area contributed by atoms with E-state index in [9.17, 15) is 0 Å². The van der Waals surface area contributed by atoms with Crippen molar-refractivity contribution in [3.05, 3.63) is 0 Å². The summed E-state index contributed by atoms with van der Waals surface area (Å²) in [5.74, 6) is 8.16. The molecule has 0 amide bonds. The minimum absolute atomic E-state index is 0.751. The second kappa shape index (κ2) is 7.09. The summed E-state index contributed by atoms with van der Waals surface area (Å²) in [5, 5.41) is 0. The van der Waals surface area contributed by atoms with Crippen LogP contribution in [0.5, 0.6) is 0 Å². The van der Waals surface area contributed by atoms with Crippen LogP contribution < -0.4 is 0 Å². The summed E-state index contributed by atoms with van der Waals surface area (Å²) < 4.78 is 0.